The molecule has 1 aliphatic rings. The van der Waals surface area contributed by atoms with Gasteiger partial charge in [-0.15, -0.1) is 0 Å². The molecular formula is C18H23N3O2. The molecule has 0 radical (unpaired) electrons. The van der Waals surface area contributed by atoms with Crippen LogP contribution in [-0.2, 0) is 19.4 Å². The lowest BCUT2D eigenvalue weighted by molar-refractivity contribution is 0.0726. The molecule has 5 nitrogen and oxygen atoms in total. The van der Waals surface area contributed by atoms with E-state index in [4.69, 9.17) is 4.42 Å². The van der Waals surface area contributed by atoms with Gasteiger partial charge in [-0.1, -0.05) is 31.2 Å². The Hall–Kier alpha value is -2.14. The van der Waals surface area contributed by atoms with Gasteiger partial charge in [0, 0.05) is 32.6 Å². The Morgan fingerprint density at radius 3 is 2.87 bits per heavy atom. The van der Waals surface area contributed by atoms with Crippen LogP contribution in [0.25, 0.3) is 0 Å². The molecule has 0 fully saturated rings. The number of nitrogens with zero attached hydrogens (tertiary/aromatic N) is 3. The van der Waals surface area contributed by atoms with Crippen molar-refractivity contribution in [3.05, 3.63) is 53.2 Å². The van der Waals surface area contributed by atoms with Gasteiger partial charge in [0.15, 0.2) is 12.1 Å². The number of carbonyl (C=O) groups is 1. The van der Waals surface area contributed by atoms with Crippen molar-refractivity contribution in [2.75, 3.05) is 20.6 Å². The molecule has 3 rings (SSSR count). The summed E-state index contributed by atoms with van der Waals surface area (Å²) in [7, 11) is 3.96. The van der Waals surface area contributed by atoms with Gasteiger partial charge >= 0.3 is 0 Å². The van der Waals surface area contributed by atoms with Crippen molar-refractivity contribution in [2.45, 2.75) is 32.4 Å². The fourth-order valence-electron chi connectivity index (χ4n) is 3.20. The number of amides is 1. The van der Waals surface area contributed by atoms with E-state index < -0.39 is 0 Å². The van der Waals surface area contributed by atoms with Crippen LogP contribution in [0.2, 0.25) is 0 Å². The first kappa shape index (κ1) is 15.7. The first-order chi connectivity index (χ1) is 11.1. The number of carbonyl (C=O) groups excluding carboxylic acids is 1. The van der Waals surface area contributed by atoms with E-state index in [1.54, 1.807) is 4.90 Å². The quantitative estimate of drug-likeness (QED) is 0.869. The number of rotatable bonds is 4. The molecule has 0 unspecified atom stereocenters. The summed E-state index contributed by atoms with van der Waals surface area (Å²) >= 11 is 0. The average Bonchev–Trinajstić information content (AvgIpc) is 3.03. The van der Waals surface area contributed by atoms with E-state index in [0.29, 0.717) is 30.5 Å². The fraction of sp³-hybridized carbons (Fsp3) is 0.444. The van der Waals surface area contributed by atoms with Gasteiger partial charge < -0.3 is 9.32 Å². The summed E-state index contributed by atoms with van der Waals surface area (Å²) in [6.07, 6.45) is 2.98. The Kier molecular flexibility index (Phi) is 4.48. The molecule has 0 aliphatic carbocycles. The van der Waals surface area contributed by atoms with Crippen LogP contribution in [0.15, 0.2) is 35.1 Å². The summed E-state index contributed by atoms with van der Waals surface area (Å²) in [5.74, 6) is 0.590. The molecule has 0 saturated heterocycles. The molecule has 1 aromatic carbocycles. The Balaban J connectivity index is 1.71. The smallest absolute Gasteiger partial charge is 0.275 e. The average molecular weight is 313 g/mol. The SMILES string of the molecule is CCc1ocnc1C(=O)N(C)C[C@H]1Cc2ccccc2CN1C. The largest absolute Gasteiger partial charge is 0.448 e. The standard InChI is InChI=1S/C18H23N3O2/c1-4-16-17(19-12-23-16)18(22)21(3)11-15-9-13-7-5-6-8-14(13)10-20(15)2/h5-8,12,15H,4,9-11H2,1-3H3/t15-/m1/s1. The van der Waals surface area contributed by atoms with Crippen LogP contribution in [0.3, 0.4) is 0 Å². The maximum atomic E-state index is 12.6. The minimum atomic E-state index is -0.0668. The summed E-state index contributed by atoms with van der Waals surface area (Å²) in [6, 6.07) is 8.85. The number of hydrogen-bond acceptors (Lipinski definition) is 4. The number of aromatic nitrogens is 1. The van der Waals surface area contributed by atoms with Crippen molar-refractivity contribution in [1.29, 1.82) is 0 Å². The Morgan fingerprint density at radius 2 is 2.13 bits per heavy atom. The molecule has 5 heteroatoms. The maximum absolute atomic E-state index is 12.6. The predicted molar refractivity (Wildman–Crippen MR) is 88.2 cm³/mol. The monoisotopic (exact) mass is 313 g/mol. The number of hydrogen-bond donors (Lipinski definition) is 0. The minimum Gasteiger partial charge on any atom is -0.448 e. The number of likely N-dealkylation sites (N-methyl/N-ethyl adjacent to an activating group) is 2. The highest BCUT2D eigenvalue weighted by Gasteiger charge is 2.27. The van der Waals surface area contributed by atoms with E-state index in [2.05, 4.69) is 41.2 Å². The third kappa shape index (κ3) is 3.15. The van der Waals surface area contributed by atoms with Crippen LogP contribution >= 0.6 is 0 Å². The summed E-state index contributed by atoms with van der Waals surface area (Å²) < 4.78 is 5.27. The summed E-state index contributed by atoms with van der Waals surface area (Å²) in [5.41, 5.74) is 3.20. The lowest BCUT2D eigenvalue weighted by atomic mass is 9.94. The second-order valence-corrected chi connectivity index (χ2v) is 6.21. The van der Waals surface area contributed by atoms with Crippen molar-refractivity contribution in [3.63, 3.8) is 0 Å². The molecule has 1 atom stereocenters. The second kappa shape index (κ2) is 6.54. The molecule has 0 saturated carbocycles. The number of fused-ring (bicyclic) bond motifs is 1. The zero-order chi connectivity index (χ0) is 16.4. The van der Waals surface area contributed by atoms with E-state index >= 15 is 0 Å². The zero-order valence-electron chi connectivity index (χ0n) is 14.0. The summed E-state index contributed by atoms with van der Waals surface area (Å²) in [6.45, 7) is 3.57. The molecule has 0 N–H and O–H groups in total. The Bertz CT molecular complexity index is 695. The van der Waals surface area contributed by atoms with Crippen molar-refractivity contribution in [3.8, 4) is 0 Å². The van der Waals surface area contributed by atoms with Gasteiger partial charge in [-0.25, -0.2) is 4.98 Å². The molecule has 1 amide bonds. The van der Waals surface area contributed by atoms with E-state index in [-0.39, 0.29) is 5.91 Å². The number of oxazole rings is 1. The highest BCUT2D eigenvalue weighted by atomic mass is 16.3. The maximum Gasteiger partial charge on any atom is 0.275 e. The zero-order valence-corrected chi connectivity index (χ0v) is 14.0. The number of benzene rings is 1. The van der Waals surface area contributed by atoms with Gasteiger partial charge in [-0.2, -0.15) is 0 Å². The van der Waals surface area contributed by atoms with Crippen molar-refractivity contribution >= 4 is 5.91 Å². The van der Waals surface area contributed by atoms with Gasteiger partial charge in [-0.05, 0) is 24.6 Å². The van der Waals surface area contributed by atoms with Crippen LogP contribution in [-0.4, -0.2) is 47.4 Å². The first-order valence-corrected chi connectivity index (χ1v) is 8.05. The van der Waals surface area contributed by atoms with Crippen LogP contribution in [0, 0.1) is 0 Å². The van der Waals surface area contributed by atoms with E-state index in [1.165, 1.54) is 17.5 Å². The van der Waals surface area contributed by atoms with E-state index in [9.17, 15) is 4.79 Å². The minimum absolute atomic E-state index is 0.0668. The molecule has 2 aromatic rings. The number of aryl methyl sites for hydroxylation is 1. The fourth-order valence-corrected chi connectivity index (χ4v) is 3.20. The summed E-state index contributed by atoms with van der Waals surface area (Å²) in [4.78, 5) is 20.8. The molecule has 0 bridgehead atoms. The van der Waals surface area contributed by atoms with Gasteiger partial charge in [0.25, 0.3) is 5.91 Å². The van der Waals surface area contributed by atoms with Gasteiger partial charge in [0.05, 0.1) is 0 Å². The molecule has 122 valence electrons. The Morgan fingerprint density at radius 1 is 1.39 bits per heavy atom. The second-order valence-electron chi connectivity index (χ2n) is 6.21. The lowest BCUT2D eigenvalue weighted by Gasteiger charge is -2.36. The molecule has 1 aromatic heterocycles. The van der Waals surface area contributed by atoms with Gasteiger partial charge in [0.1, 0.15) is 5.76 Å². The Labute approximate surface area is 136 Å². The normalized spacial score (nSPS) is 17.8. The van der Waals surface area contributed by atoms with Crippen molar-refractivity contribution < 1.29 is 9.21 Å². The van der Waals surface area contributed by atoms with Crippen LogP contribution in [0.1, 0.15) is 34.3 Å². The lowest BCUT2D eigenvalue weighted by Crippen LogP contribution is -2.46. The van der Waals surface area contributed by atoms with E-state index in [0.717, 1.165) is 13.0 Å². The molecule has 1 aliphatic heterocycles. The molecular weight excluding hydrogens is 290 g/mol. The van der Waals surface area contributed by atoms with Gasteiger partial charge in [-0.3, -0.25) is 9.69 Å². The third-order valence-corrected chi connectivity index (χ3v) is 4.61. The first-order valence-electron chi connectivity index (χ1n) is 8.05. The van der Waals surface area contributed by atoms with E-state index in [1.807, 2.05) is 14.0 Å². The third-order valence-electron chi connectivity index (χ3n) is 4.61. The molecule has 2 heterocycles. The summed E-state index contributed by atoms with van der Waals surface area (Å²) in [5, 5.41) is 0. The van der Waals surface area contributed by atoms with Crippen molar-refractivity contribution in [1.82, 2.24) is 14.8 Å². The molecule has 23 heavy (non-hydrogen) atoms. The van der Waals surface area contributed by atoms with Gasteiger partial charge in [0.2, 0.25) is 0 Å². The molecule has 0 spiro atoms. The van der Waals surface area contributed by atoms with Crippen LogP contribution < -0.4 is 0 Å². The topological polar surface area (TPSA) is 49.6 Å². The highest BCUT2D eigenvalue weighted by molar-refractivity contribution is 5.93. The van der Waals surface area contributed by atoms with Crippen molar-refractivity contribution in [2.24, 2.45) is 0 Å². The highest BCUT2D eigenvalue weighted by Crippen LogP contribution is 2.22. The predicted octanol–water partition coefficient (Wildman–Crippen LogP) is 2.37. The van der Waals surface area contributed by atoms with Crippen LogP contribution in [0.4, 0.5) is 0 Å². The van der Waals surface area contributed by atoms with Crippen LogP contribution in [0.5, 0.6) is 0 Å².